The minimum absolute atomic E-state index is 0. The van der Waals surface area contributed by atoms with Crippen molar-refractivity contribution in [1.82, 2.24) is 4.90 Å². The molecule has 50 valence electrons. The van der Waals surface area contributed by atoms with Gasteiger partial charge in [-0.1, -0.05) is 12.2 Å². The van der Waals surface area contributed by atoms with Gasteiger partial charge in [-0.15, -0.1) is 12.6 Å². The number of rotatable bonds is 2. The molecule has 0 aromatic carbocycles. The summed E-state index contributed by atoms with van der Waals surface area (Å²) in [5.41, 5.74) is 0. The topological polar surface area (TPSA) is 3.24 Å². The molecule has 0 N–H and O–H groups in total. The molecule has 0 radical (unpaired) electrons. The molecule has 0 aliphatic carbocycles. The number of thiol groups is 1. The van der Waals surface area contributed by atoms with E-state index in [-0.39, 0.29) is 31.0 Å². The van der Waals surface area contributed by atoms with Crippen molar-refractivity contribution in [1.29, 1.82) is 0 Å². The zero-order valence-electron chi connectivity index (χ0n) is 7.22. The smallest absolute Gasteiger partial charge is 1.00 e. The molecule has 4 heteroatoms. The quantitative estimate of drug-likeness (QED) is 0.313. The second kappa shape index (κ2) is 7.35. The number of hydrogen-bond acceptors (Lipinski definition) is 1. The van der Waals surface area contributed by atoms with Crippen LogP contribution in [0, 0.1) is 0 Å². The van der Waals surface area contributed by atoms with E-state index in [0.717, 1.165) is 13.1 Å². The van der Waals surface area contributed by atoms with Crippen LogP contribution in [0.25, 0.3) is 0 Å². The van der Waals surface area contributed by atoms with E-state index in [1.54, 1.807) is 0 Å². The van der Waals surface area contributed by atoms with E-state index < -0.39 is 0 Å². The maximum atomic E-state index is 4.81. The summed E-state index contributed by atoms with van der Waals surface area (Å²) in [5.74, 6) is 0. The first-order valence-corrected chi connectivity index (χ1v) is 3.55. The van der Waals surface area contributed by atoms with Gasteiger partial charge in [0.2, 0.25) is 0 Å². The number of hydrogen-bond donors (Lipinski definition) is 1. The fourth-order valence-corrected chi connectivity index (χ4v) is 1.04. The van der Waals surface area contributed by atoms with Gasteiger partial charge in [0.05, 0.1) is 0 Å². The predicted octanol–water partition coefficient (Wildman–Crippen LogP) is -1.34. The first kappa shape index (κ1) is 12.9. The zero-order chi connectivity index (χ0) is 6.57. The third kappa shape index (κ3) is 5.67. The van der Waals surface area contributed by atoms with Gasteiger partial charge in [0.25, 0.3) is 0 Å². The summed E-state index contributed by atoms with van der Waals surface area (Å²) in [5, 5.41) is 0. The van der Waals surface area contributed by atoms with E-state index in [1.807, 2.05) is 4.90 Å². The fraction of sp³-hybridized carbons (Fsp3) is 0.800. The van der Waals surface area contributed by atoms with Gasteiger partial charge in [-0.05, 0) is 13.8 Å². The summed E-state index contributed by atoms with van der Waals surface area (Å²) in [6.45, 7) is 6.04. The van der Waals surface area contributed by atoms with Crippen LogP contribution in [0.4, 0.5) is 0 Å². The minimum Gasteiger partial charge on any atom is -1.00 e. The summed E-state index contributed by atoms with van der Waals surface area (Å²) < 4.78 is 0.690. The Labute approximate surface area is 91.4 Å². The summed E-state index contributed by atoms with van der Waals surface area (Å²) in [6, 6.07) is 0. The third-order valence-electron chi connectivity index (χ3n) is 1.03. The van der Waals surface area contributed by atoms with Gasteiger partial charge < -0.3 is 6.33 Å². The van der Waals surface area contributed by atoms with Crippen molar-refractivity contribution < 1.29 is 31.0 Å². The second-order valence-corrected chi connectivity index (χ2v) is 2.57. The second-order valence-electron chi connectivity index (χ2n) is 1.45. The maximum absolute atomic E-state index is 4.81. The Morgan fingerprint density at radius 3 is 1.89 bits per heavy atom. The third-order valence-corrected chi connectivity index (χ3v) is 1.58. The Bertz CT molecular complexity index is 87.7. The molecule has 0 aromatic heterocycles. The van der Waals surface area contributed by atoms with Crippen LogP contribution in [0.15, 0.2) is 0 Å². The van der Waals surface area contributed by atoms with E-state index >= 15 is 0 Å². The first-order valence-electron chi connectivity index (χ1n) is 2.70. The largest absolute Gasteiger partial charge is 1.00 e. The van der Waals surface area contributed by atoms with Gasteiger partial charge in [-0.3, -0.25) is 0 Å². The molecule has 0 spiro atoms. The average Bonchev–Trinajstić information content (AvgIpc) is 1.69. The standard InChI is InChI=1S/C5H11NS2.Na.H/c1-3-6(4-2)5(7)8;;/h3-4H2,1-2H3,(H,7,8);;/q;+1;-1. The van der Waals surface area contributed by atoms with Crippen LogP contribution in [-0.4, -0.2) is 22.3 Å². The van der Waals surface area contributed by atoms with Crippen LogP contribution >= 0.6 is 24.8 Å². The molecule has 0 fully saturated rings. The van der Waals surface area contributed by atoms with Gasteiger partial charge in [-0.25, -0.2) is 0 Å². The van der Waals surface area contributed by atoms with Crippen LogP contribution in [0.2, 0.25) is 0 Å². The predicted molar refractivity (Wildman–Crippen MR) is 45.6 cm³/mol. The molecule has 0 saturated heterocycles. The van der Waals surface area contributed by atoms with Crippen molar-refractivity contribution >= 4 is 29.2 Å². The molecule has 0 unspecified atom stereocenters. The van der Waals surface area contributed by atoms with Crippen molar-refractivity contribution in [3.63, 3.8) is 0 Å². The van der Waals surface area contributed by atoms with Crippen LogP contribution < -0.4 is 29.6 Å². The molecule has 1 nitrogen and oxygen atoms in total. The minimum atomic E-state index is 0. The Morgan fingerprint density at radius 2 is 1.89 bits per heavy atom. The number of nitrogens with zero attached hydrogens (tertiary/aromatic N) is 1. The van der Waals surface area contributed by atoms with Gasteiger partial charge in [0.15, 0.2) is 0 Å². The molecule has 0 aliphatic rings. The van der Waals surface area contributed by atoms with Gasteiger partial charge >= 0.3 is 29.6 Å². The van der Waals surface area contributed by atoms with Crippen molar-refractivity contribution in [3.8, 4) is 0 Å². The van der Waals surface area contributed by atoms with E-state index in [4.69, 9.17) is 12.2 Å². The zero-order valence-corrected chi connectivity index (χ0v) is 9.93. The molecule has 0 heterocycles. The van der Waals surface area contributed by atoms with Crippen LogP contribution in [0.5, 0.6) is 0 Å². The first-order chi connectivity index (χ1) is 3.72. The van der Waals surface area contributed by atoms with Gasteiger partial charge in [0.1, 0.15) is 4.32 Å². The van der Waals surface area contributed by atoms with Crippen molar-refractivity contribution in [2.75, 3.05) is 13.1 Å². The maximum Gasteiger partial charge on any atom is 1.00 e. The SMILES string of the molecule is CCN(CC)C(=S)S.[H-].[Na+]. The van der Waals surface area contributed by atoms with Crippen molar-refractivity contribution in [3.05, 3.63) is 0 Å². The monoisotopic (exact) mass is 173 g/mol. The Morgan fingerprint density at radius 1 is 1.56 bits per heavy atom. The Balaban J connectivity index is -0.000000245. The molecule has 0 aliphatic heterocycles. The van der Waals surface area contributed by atoms with E-state index in [1.165, 1.54) is 0 Å². The van der Waals surface area contributed by atoms with Crippen LogP contribution in [0.3, 0.4) is 0 Å². The molecular weight excluding hydrogens is 161 g/mol. The summed E-state index contributed by atoms with van der Waals surface area (Å²) >= 11 is 8.82. The van der Waals surface area contributed by atoms with Crippen LogP contribution in [0.1, 0.15) is 15.3 Å². The summed E-state index contributed by atoms with van der Waals surface area (Å²) in [4.78, 5) is 2.01. The van der Waals surface area contributed by atoms with E-state index in [0.29, 0.717) is 4.32 Å². The Hall–Kier alpha value is 1.24. The molecule has 0 saturated carbocycles. The molecular formula is C5H12NNaS2. The molecule has 0 rings (SSSR count). The molecule has 0 atom stereocenters. The Kier molecular flexibility index (Phi) is 10.5. The fourth-order valence-electron chi connectivity index (χ4n) is 0.494. The summed E-state index contributed by atoms with van der Waals surface area (Å²) in [7, 11) is 0. The molecule has 0 bridgehead atoms. The van der Waals surface area contributed by atoms with E-state index in [9.17, 15) is 0 Å². The van der Waals surface area contributed by atoms with Gasteiger partial charge in [0, 0.05) is 13.1 Å². The van der Waals surface area contributed by atoms with Crippen molar-refractivity contribution in [2.24, 2.45) is 0 Å². The molecule has 0 amide bonds. The normalized spacial score (nSPS) is 7.89. The summed E-state index contributed by atoms with van der Waals surface area (Å²) in [6.07, 6.45) is 0. The van der Waals surface area contributed by atoms with Crippen molar-refractivity contribution in [2.45, 2.75) is 13.8 Å². The van der Waals surface area contributed by atoms with Crippen LogP contribution in [-0.2, 0) is 0 Å². The number of thiocarbonyl (C=S) groups is 1. The molecule has 9 heavy (non-hydrogen) atoms. The average molecular weight is 173 g/mol. The molecule has 0 aromatic rings. The van der Waals surface area contributed by atoms with E-state index in [2.05, 4.69) is 26.5 Å². The van der Waals surface area contributed by atoms with Gasteiger partial charge in [-0.2, -0.15) is 0 Å².